The largest absolute Gasteiger partial charge is 0.493 e. The van der Waals surface area contributed by atoms with Crippen LogP contribution < -0.4 is 14.8 Å². The number of benzene rings is 1. The Labute approximate surface area is 115 Å². The third-order valence-electron chi connectivity index (χ3n) is 2.60. The smallest absolute Gasteiger partial charge is 0.165 e. The van der Waals surface area contributed by atoms with Gasteiger partial charge in [0.25, 0.3) is 0 Å². The van der Waals surface area contributed by atoms with Crippen molar-refractivity contribution in [2.24, 2.45) is 5.92 Å². The lowest BCUT2D eigenvalue weighted by molar-refractivity contribution is 0.190. The Morgan fingerprint density at radius 2 is 2.00 bits per heavy atom. The van der Waals surface area contributed by atoms with Gasteiger partial charge in [0.05, 0.1) is 19.8 Å². The van der Waals surface area contributed by atoms with Crippen molar-refractivity contribution >= 4 is 0 Å². The molecule has 108 valence electrons. The molecule has 0 fully saturated rings. The third kappa shape index (κ3) is 5.49. The van der Waals surface area contributed by atoms with E-state index < -0.39 is 0 Å². The molecule has 0 aromatic heterocycles. The summed E-state index contributed by atoms with van der Waals surface area (Å²) in [5.74, 6) is 2.00. The lowest BCUT2D eigenvalue weighted by atomic mass is 10.1. The molecule has 0 saturated heterocycles. The molecular formula is C15H25NO3. The number of ether oxygens (including phenoxy) is 2. The van der Waals surface area contributed by atoms with Crippen LogP contribution in [0, 0.1) is 5.92 Å². The van der Waals surface area contributed by atoms with E-state index in [0.29, 0.717) is 25.6 Å². The lowest BCUT2D eigenvalue weighted by Crippen LogP contribution is -2.24. The van der Waals surface area contributed by atoms with Gasteiger partial charge in [-0.2, -0.15) is 0 Å². The number of hydrogen-bond acceptors (Lipinski definition) is 4. The Kier molecular flexibility index (Phi) is 6.67. The van der Waals surface area contributed by atoms with Crippen molar-refractivity contribution in [3.05, 3.63) is 23.8 Å². The van der Waals surface area contributed by atoms with Crippen molar-refractivity contribution in [1.82, 2.24) is 5.32 Å². The van der Waals surface area contributed by atoms with E-state index in [1.165, 1.54) is 0 Å². The van der Waals surface area contributed by atoms with E-state index in [9.17, 15) is 5.11 Å². The second kappa shape index (κ2) is 8.02. The average molecular weight is 267 g/mol. The van der Waals surface area contributed by atoms with E-state index in [1.807, 2.05) is 18.2 Å². The van der Waals surface area contributed by atoms with Crippen molar-refractivity contribution in [2.75, 3.05) is 20.3 Å². The Hall–Kier alpha value is -1.26. The summed E-state index contributed by atoms with van der Waals surface area (Å²) in [7, 11) is 1.64. The van der Waals surface area contributed by atoms with Gasteiger partial charge in [-0.05, 0) is 18.9 Å². The summed E-state index contributed by atoms with van der Waals surface area (Å²) in [6.07, 6.45) is -0.356. The van der Waals surface area contributed by atoms with Gasteiger partial charge in [0, 0.05) is 18.7 Å². The van der Waals surface area contributed by atoms with Gasteiger partial charge in [-0.15, -0.1) is 0 Å². The van der Waals surface area contributed by atoms with Crippen LogP contribution in [0.25, 0.3) is 0 Å². The first-order valence-corrected chi connectivity index (χ1v) is 6.72. The van der Waals surface area contributed by atoms with E-state index in [-0.39, 0.29) is 6.10 Å². The molecule has 0 spiro atoms. The van der Waals surface area contributed by atoms with Crippen molar-refractivity contribution in [1.29, 1.82) is 0 Å². The molecule has 0 aliphatic carbocycles. The predicted octanol–water partition coefficient (Wildman–Crippen LogP) is 2.20. The zero-order valence-corrected chi connectivity index (χ0v) is 12.3. The minimum absolute atomic E-state index is 0.356. The Morgan fingerprint density at radius 1 is 1.26 bits per heavy atom. The molecule has 0 radical (unpaired) electrons. The third-order valence-corrected chi connectivity index (χ3v) is 2.60. The van der Waals surface area contributed by atoms with Gasteiger partial charge in [-0.3, -0.25) is 0 Å². The van der Waals surface area contributed by atoms with Crippen LogP contribution in [0.2, 0.25) is 0 Å². The fourth-order valence-electron chi connectivity index (χ4n) is 1.69. The number of rotatable bonds is 8. The van der Waals surface area contributed by atoms with Crippen LogP contribution >= 0.6 is 0 Å². The highest BCUT2D eigenvalue weighted by Gasteiger charge is 2.11. The fourth-order valence-corrected chi connectivity index (χ4v) is 1.69. The lowest BCUT2D eigenvalue weighted by Gasteiger charge is -2.17. The number of methoxy groups -OCH3 is 1. The maximum atomic E-state index is 9.26. The second-order valence-corrected chi connectivity index (χ2v) is 5.13. The normalized spacial score (nSPS) is 12.5. The molecule has 1 aromatic carbocycles. The van der Waals surface area contributed by atoms with Gasteiger partial charge >= 0.3 is 0 Å². The van der Waals surface area contributed by atoms with Crippen molar-refractivity contribution in [3.8, 4) is 11.5 Å². The minimum atomic E-state index is -0.356. The number of hydrogen-bond donors (Lipinski definition) is 2. The molecule has 0 saturated carbocycles. The van der Waals surface area contributed by atoms with E-state index in [2.05, 4.69) is 19.2 Å². The molecule has 1 aromatic rings. The monoisotopic (exact) mass is 267 g/mol. The molecule has 1 atom stereocenters. The molecule has 0 bridgehead atoms. The van der Waals surface area contributed by atoms with Crippen LogP contribution in [0.4, 0.5) is 0 Å². The zero-order valence-electron chi connectivity index (χ0n) is 12.3. The molecule has 0 amide bonds. The zero-order chi connectivity index (χ0) is 14.3. The van der Waals surface area contributed by atoms with E-state index in [1.54, 1.807) is 14.0 Å². The van der Waals surface area contributed by atoms with E-state index >= 15 is 0 Å². The van der Waals surface area contributed by atoms with Crippen LogP contribution in [0.15, 0.2) is 18.2 Å². The number of aliphatic hydroxyl groups excluding tert-OH is 1. The first-order chi connectivity index (χ1) is 9.04. The highest BCUT2D eigenvalue weighted by atomic mass is 16.5. The quantitative estimate of drug-likeness (QED) is 0.758. The van der Waals surface area contributed by atoms with Crippen molar-refractivity contribution in [2.45, 2.75) is 33.4 Å². The van der Waals surface area contributed by atoms with E-state index in [4.69, 9.17) is 9.47 Å². The van der Waals surface area contributed by atoms with Crippen molar-refractivity contribution < 1.29 is 14.6 Å². The van der Waals surface area contributed by atoms with Gasteiger partial charge in [0.15, 0.2) is 11.5 Å². The van der Waals surface area contributed by atoms with Crippen molar-refractivity contribution in [3.63, 3.8) is 0 Å². The summed E-state index contributed by atoms with van der Waals surface area (Å²) in [6, 6.07) is 5.85. The summed E-state index contributed by atoms with van der Waals surface area (Å²) in [5, 5.41) is 12.5. The fraction of sp³-hybridized carbons (Fsp3) is 0.600. The molecular weight excluding hydrogens is 242 g/mol. The topological polar surface area (TPSA) is 50.7 Å². The number of nitrogens with one attached hydrogen (secondary N) is 1. The minimum Gasteiger partial charge on any atom is -0.493 e. The van der Waals surface area contributed by atoms with Gasteiger partial charge in [-0.1, -0.05) is 26.0 Å². The Balaban J connectivity index is 2.76. The molecule has 19 heavy (non-hydrogen) atoms. The number of para-hydroxylation sites is 1. The maximum Gasteiger partial charge on any atom is 0.165 e. The summed E-state index contributed by atoms with van der Waals surface area (Å²) in [4.78, 5) is 0. The highest BCUT2D eigenvalue weighted by molar-refractivity contribution is 5.46. The molecule has 0 aliphatic heterocycles. The molecule has 4 nitrogen and oxygen atoms in total. The molecule has 0 aliphatic rings. The van der Waals surface area contributed by atoms with Crippen LogP contribution in [0.5, 0.6) is 11.5 Å². The SMILES string of the molecule is COc1cccc(CNCC(C)O)c1OCC(C)C. The maximum absolute atomic E-state index is 9.26. The Bertz CT molecular complexity index is 378. The summed E-state index contributed by atoms with van der Waals surface area (Å²) in [6.45, 7) is 7.84. The van der Waals surface area contributed by atoms with Crippen LogP contribution in [0.3, 0.4) is 0 Å². The van der Waals surface area contributed by atoms with Crippen LogP contribution in [-0.4, -0.2) is 31.5 Å². The van der Waals surface area contributed by atoms with Gasteiger partial charge in [0.1, 0.15) is 0 Å². The summed E-state index contributed by atoms with van der Waals surface area (Å²) >= 11 is 0. The standard InChI is InChI=1S/C15H25NO3/c1-11(2)10-19-15-13(9-16-8-12(3)17)6-5-7-14(15)18-4/h5-7,11-12,16-17H,8-10H2,1-4H3. The molecule has 0 heterocycles. The molecule has 2 N–H and O–H groups in total. The van der Waals surface area contributed by atoms with Gasteiger partial charge in [0.2, 0.25) is 0 Å². The highest BCUT2D eigenvalue weighted by Crippen LogP contribution is 2.31. The molecule has 1 unspecified atom stereocenters. The number of aliphatic hydroxyl groups is 1. The summed E-state index contributed by atoms with van der Waals surface area (Å²) < 4.78 is 11.2. The van der Waals surface area contributed by atoms with Crippen LogP contribution in [0.1, 0.15) is 26.3 Å². The first-order valence-electron chi connectivity index (χ1n) is 6.72. The summed E-state index contributed by atoms with van der Waals surface area (Å²) in [5.41, 5.74) is 1.04. The van der Waals surface area contributed by atoms with E-state index in [0.717, 1.165) is 17.1 Å². The second-order valence-electron chi connectivity index (χ2n) is 5.13. The Morgan fingerprint density at radius 3 is 2.58 bits per heavy atom. The van der Waals surface area contributed by atoms with Gasteiger partial charge < -0.3 is 19.9 Å². The first kappa shape index (κ1) is 15.8. The van der Waals surface area contributed by atoms with Crippen LogP contribution in [-0.2, 0) is 6.54 Å². The predicted molar refractivity (Wildman–Crippen MR) is 76.7 cm³/mol. The average Bonchev–Trinajstić information content (AvgIpc) is 2.36. The molecule has 1 rings (SSSR count). The van der Waals surface area contributed by atoms with Gasteiger partial charge in [-0.25, -0.2) is 0 Å². The molecule has 4 heteroatoms.